The topological polar surface area (TPSA) is 66.5 Å². The van der Waals surface area contributed by atoms with E-state index in [-0.39, 0.29) is 11.9 Å². The fourth-order valence-corrected chi connectivity index (χ4v) is 5.80. The third-order valence-corrected chi connectivity index (χ3v) is 7.78. The van der Waals surface area contributed by atoms with Gasteiger partial charge in [0.05, 0.1) is 22.8 Å². The number of fused-ring (bicyclic) bond motifs is 2. The van der Waals surface area contributed by atoms with E-state index in [4.69, 9.17) is 5.73 Å². The third kappa shape index (κ3) is 4.10. The van der Waals surface area contributed by atoms with Crippen LogP contribution in [-0.4, -0.2) is 47.6 Å². The van der Waals surface area contributed by atoms with Gasteiger partial charge in [-0.2, -0.15) is 0 Å². The number of aryl methyl sites for hydroxylation is 1. The normalized spacial score (nSPS) is 20.0. The minimum Gasteiger partial charge on any atom is -0.382 e. The van der Waals surface area contributed by atoms with E-state index in [0.717, 1.165) is 73.1 Å². The molecule has 2 aliphatic heterocycles. The second kappa shape index (κ2) is 8.76. The SMILES string of the molecule is C=C(c1cc2ccccc2n1CC1CC1)N1CCNc2cc(C(=O)N3CCCC(N)C3)cc(C)c21. The zero-order valence-electron chi connectivity index (χ0n) is 20.6. The average Bonchev–Trinajstić information content (AvgIpc) is 3.62. The molecule has 3 aliphatic rings. The average molecular weight is 470 g/mol. The van der Waals surface area contributed by atoms with Crippen LogP contribution in [0.4, 0.5) is 11.4 Å². The molecule has 6 nitrogen and oxygen atoms in total. The maximum atomic E-state index is 13.3. The van der Waals surface area contributed by atoms with E-state index in [1.54, 1.807) is 0 Å². The fourth-order valence-electron chi connectivity index (χ4n) is 5.80. The molecule has 0 radical (unpaired) electrons. The molecule has 0 spiro atoms. The Labute approximate surface area is 207 Å². The fraction of sp³-hybridized carbons (Fsp3) is 0.414. The van der Waals surface area contributed by atoms with Crippen molar-refractivity contribution in [2.75, 3.05) is 36.4 Å². The highest BCUT2D eigenvalue weighted by molar-refractivity contribution is 5.99. The number of hydrogen-bond acceptors (Lipinski definition) is 4. The Bertz CT molecular complexity index is 1300. The Balaban J connectivity index is 1.34. The van der Waals surface area contributed by atoms with E-state index in [2.05, 4.69) is 58.6 Å². The second-order valence-electron chi connectivity index (χ2n) is 10.5. The summed E-state index contributed by atoms with van der Waals surface area (Å²) in [5, 5.41) is 4.81. The van der Waals surface area contributed by atoms with Gasteiger partial charge < -0.3 is 25.4 Å². The highest BCUT2D eigenvalue weighted by Gasteiger charge is 2.29. The first-order valence-corrected chi connectivity index (χ1v) is 13.0. The van der Waals surface area contributed by atoms with E-state index in [1.807, 2.05) is 17.0 Å². The minimum atomic E-state index is 0.0748. The van der Waals surface area contributed by atoms with Gasteiger partial charge >= 0.3 is 0 Å². The predicted octanol–water partition coefficient (Wildman–Crippen LogP) is 4.83. The first kappa shape index (κ1) is 22.2. The number of carbonyl (C=O) groups excluding carboxylic acids is 1. The summed E-state index contributed by atoms with van der Waals surface area (Å²) in [5.41, 5.74) is 13.6. The molecule has 6 heteroatoms. The van der Waals surface area contributed by atoms with Crippen molar-refractivity contribution in [1.29, 1.82) is 0 Å². The molecule has 2 aromatic carbocycles. The standard InChI is InChI=1S/C29H35N5O/c1-19-14-23(29(35)32-12-5-7-24(30)18-32)15-25-28(19)33(13-11-31-25)20(2)27-16-22-6-3-4-8-26(22)34(27)17-21-9-10-21/h3-4,6,8,14-16,21,24,31H,2,5,7,9-13,17-18,30H2,1H3. The number of carbonyl (C=O) groups is 1. The predicted molar refractivity (Wildman–Crippen MR) is 144 cm³/mol. The third-order valence-electron chi connectivity index (χ3n) is 7.78. The number of anilines is 2. The zero-order chi connectivity index (χ0) is 24.1. The van der Waals surface area contributed by atoms with E-state index in [0.29, 0.717) is 6.54 Å². The summed E-state index contributed by atoms with van der Waals surface area (Å²) in [5.74, 6) is 0.847. The molecule has 2 fully saturated rings. The number of nitrogens with two attached hydrogens (primary N) is 1. The molecule has 3 heterocycles. The monoisotopic (exact) mass is 469 g/mol. The summed E-state index contributed by atoms with van der Waals surface area (Å²) in [7, 11) is 0. The van der Waals surface area contributed by atoms with Crippen LogP contribution in [-0.2, 0) is 6.54 Å². The molecule has 1 atom stereocenters. The number of aromatic nitrogens is 1. The molecular formula is C29H35N5O. The van der Waals surface area contributed by atoms with Gasteiger partial charge in [0.15, 0.2) is 0 Å². The van der Waals surface area contributed by atoms with Crippen molar-refractivity contribution in [2.24, 2.45) is 11.7 Å². The van der Waals surface area contributed by atoms with Crippen molar-refractivity contribution in [3.8, 4) is 0 Å². The van der Waals surface area contributed by atoms with E-state index < -0.39 is 0 Å². The van der Waals surface area contributed by atoms with Crippen molar-refractivity contribution in [2.45, 2.75) is 45.2 Å². The first-order chi connectivity index (χ1) is 17.0. The highest BCUT2D eigenvalue weighted by Crippen LogP contribution is 2.40. The molecular weight excluding hydrogens is 434 g/mol. The molecule has 3 N–H and O–H groups in total. The molecule has 1 amide bonds. The lowest BCUT2D eigenvalue weighted by molar-refractivity contribution is 0.0709. The van der Waals surface area contributed by atoms with Crippen molar-refractivity contribution in [3.63, 3.8) is 0 Å². The Morgan fingerprint density at radius 2 is 1.97 bits per heavy atom. The molecule has 0 bridgehead atoms. The van der Waals surface area contributed by atoms with Crippen LogP contribution in [0.15, 0.2) is 49.0 Å². The van der Waals surface area contributed by atoms with E-state index in [1.165, 1.54) is 29.4 Å². The second-order valence-corrected chi connectivity index (χ2v) is 10.5. The summed E-state index contributed by atoms with van der Waals surface area (Å²) in [6.07, 6.45) is 4.58. The zero-order valence-corrected chi connectivity index (χ0v) is 20.6. The van der Waals surface area contributed by atoms with Gasteiger partial charge in [0, 0.05) is 55.2 Å². The summed E-state index contributed by atoms with van der Waals surface area (Å²) >= 11 is 0. The molecule has 3 aromatic rings. The molecule has 1 aromatic heterocycles. The molecule has 6 rings (SSSR count). The van der Waals surface area contributed by atoms with Gasteiger partial charge in [0.1, 0.15) is 0 Å². The summed E-state index contributed by atoms with van der Waals surface area (Å²) < 4.78 is 2.46. The van der Waals surface area contributed by atoms with Crippen molar-refractivity contribution in [1.82, 2.24) is 9.47 Å². The van der Waals surface area contributed by atoms with Crippen LogP contribution in [0.5, 0.6) is 0 Å². The van der Waals surface area contributed by atoms with Crippen LogP contribution in [0.2, 0.25) is 0 Å². The molecule has 182 valence electrons. The number of amides is 1. The molecule has 1 saturated heterocycles. The number of hydrogen-bond donors (Lipinski definition) is 2. The minimum absolute atomic E-state index is 0.0748. The lowest BCUT2D eigenvalue weighted by atomic mass is 10.0. The number of nitrogens with zero attached hydrogens (tertiary/aromatic N) is 3. The van der Waals surface area contributed by atoms with E-state index >= 15 is 0 Å². The van der Waals surface area contributed by atoms with E-state index in [9.17, 15) is 4.79 Å². The molecule has 1 saturated carbocycles. The van der Waals surface area contributed by atoms with Gasteiger partial charge in [-0.25, -0.2) is 0 Å². The highest BCUT2D eigenvalue weighted by atomic mass is 16.2. The quantitative estimate of drug-likeness (QED) is 0.562. The first-order valence-electron chi connectivity index (χ1n) is 13.0. The smallest absolute Gasteiger partial charge is 0.253 e. The van der Waals surface area contributed by atoms with Crippen LogP contribution < -0.4 is 16.0 Å². The number of benzene rings is 2. The van der Waals surface area contributed by atoms with Gasteiger partial charge in [-0.3, -0.25) is 4.79 Å². The lowest BCUT2D eigenvalue weighted by Gasteiger charge is -2.36. The molecule has 1 unspecified atom stereocenters. The van der Waals surface area contributed by atoms with Gasteiger partial charge in [-0.05, 0) is 68.4 Å². The molecule has 35 heavy (non-hydrogen) atoms. The number of piperidine rings is 1. The Hall–Kier alpha value is -3.25. The van der Waals surface area contributed by atoms with Crippen LogP contribution in [0, 0.1) is 12.8 Å². The largest absolute Gasteiger partial charge is 0.382 e. The summed E-state index contributed by atoms with van der Waals surface area (Å²) in [6.45, 7) is 10.8. The number of nitrogens with one attached hydrogen (secondary N) is 1. The number of likely N-dealkylation sites (tertiary alicyclic amines) is 1. The van der Waals surface area contributed by atoms with Gasteiger partial charge in [-0.1, -0.05) is 24.8 Å². The van der Waals surface area contributed by atoms with Gasteiger partial charge in [-0.15, -0.1) is 0 Å². The Morgan fingerprint density at radius 1 is 1.14 bits per heavy atom. The maximum absolute atomic E-state index is 13.3. The summed E-state index contributed by atoms with van der Waals surface area (Å²) in [4.78, 5) is 17.5. The maximum Gasteiger partial charge on any atom is 0.253 e. The van der Waals surface area contributed by atoms with Gasteiger partial charge in [0.2, 0.25) is 0 Å². The van der Waals surface area contributed by atoms with Crippen LogP contribution in [0.25, 0.3) is 16.6 Å². The van der Waals surface area contributed by atoms with Crippen LogP contribution in [0.3, 0.4) is 0 Å². The van der Waals surface area contributed by atoms with Crippen molar-refractivity contribution < 1.29 is 4.79 Å². The van der Waals surface area contributed by atoms with Gasteiger partial charge in [0.25, 0.3) is 5.91 Å². The molecule has 1 aliphatic carbocycles. The van der Waals surface area contributed by atoms with Crippen LogP contribution >= 0.6 is 0 Å². The number of rotatable bonds is 5. The Morgan fingerprint density at radius 3 is 2.77 bits per heavy atom. The van der Waals surface area contributed by atoms with Crippen molar-refractivity contribution >= 4 is 33.9 Å². The van der Waals surface area contributed by atoms with Crippen LogP contribution in [0.1, 0.15) is 47.3 Å². The van der Waals surface area contributed by atoms with Crippen molar-refractivity contribution in [3.05, 3.63) is 65.9 Å². The lowest BCUT2D eigenvalue weighted by Crippen LogP contribution is -2.45. The number of para-hydroxylation sites is 1. The Kier molecular flexibility index (Phi) is 5.56. The summed E-state index contributed by atoms with van der Waals surface area (Å²) in [6, 6.07) is 15.1.